The molecule has 1 unspecified atom stereocenters. The van der Waals surface area contributed by atoms with Crippen LogP contribution in [0, 0.1) is 6.92 Å². The van der Waals surface area contributed by atoms with Gasteiger partial charge in [0, 0.05) is 23.2 Å². The largest absolute Gasteiger partial charge is 0.388 e. The van der Waals surface area contributed by atoms with Crippen molar-refractivity contribution >= 4 is 17.4 Å². The van der Waals surface area contributed by atoms with Crippen LogP contribution in [0.2, 0.25) is 5.02 Å². The van der Waals surface area contributed by atoms with Crippen molar-refractivity contribution in [2.24, 2.45) is 0 Å². The van der Waals surface area contributed by atoms with Gasteiger partial charge in [0.05, 0.1) is 6.10 Å². The maximum absolute atomic E-state index is 10.2. The molecule has 1 heterocycles. The van der Waals surface area contributed by atoms with Gasteiger partial charge < -0.3 is 10.8 Å². The Morgan fingerprint density at radius 2 is 2.11 bits per heavy atom. The number of benzene rings is 1. The van der Waals surface area contributed by atoms with Crippen LogP contribution in [0.3, 0.4) is 0 Å². The van der Waals surface area contributed by atoms with Gasteiger partial charge in [-0.25, -0.2) is 4.98 Å². The van der Waals surface area contributed by atoms with Crippen LogP contribution < -0.4 is 5.73 Å². The van der Waals surface area contributed by atoms with Gasteiger partial charge in [-0.15, -0.1) is 0 Å². The van der Waals surface area contributed by atoms with Crippen molar-refractivity contribution in [2.75, 3.05) is 5.73 Å². The lowest BCUT2D eigenvalue weighted by Crippen LogP contribution is -2.07. The highest BCUT2D eigenvalue weighted by molar-refractivity contribution is 6.31. The number of rotatable bonds is 3. The maximum Gasteiger partial charge on any atom is 0.129 e. The highest BCUT2D eigenvalue weighted by Crippen LogP contribution is 2.26. The highest BCUT2D eigenvalue weighted by atomic mass is 35.5. The van der Waals surface area contributed by atoms with E-state index in [1.54, 1.807) is 6.20 Å². The summed E-state index contributed by atoms with van der Waals surface area (Å²) in [4.78, 5) is 4.05. The molecule has 0 saturated heterocycles. The van der Waals surface area contributed by atoms with E-state index in [9.17, 15) is 5.11 Å². The van der Waals surface area contributed by atoms with E-state index in [1.807, 2.05) is 37.3 Å². The molecule has 0 spiro atoms. The Labute approximate surface area is 111 Å². The number of nitrogens with two attached hydrogens (primary N) is 1. The number of halogens is 1. The van der Waals surface area contributed by atoms with E-state index in [-0.39, 0.29) is 0 Å². The summed E-state index contributed by atoms with van der Waals surface area (Å²) < 4.78 is 0. The topological polar surface area (TPSA) is 59.1 Å². The number of aromatic nitrogens is 1. The zero-order valence-electron chi connectivity index (χ0n) is 10.1. The number of aryl methyl sites for hydroxylation is 1. The quantitative estimate of drug-likeness (QED) is 0.894. The van der Waals surface area contributed by atoms with Crippen molar-refractivity contribution in [3.8, 4) is 0 Å². The predicted molar refractivity (Wildman–Crippen MR) is 73.5 cm³/mol. The fourth-order valence-electron chi connectivity index (χ4n) is 1.85. The second-order valence-electron chi connectivity index (χ2n) is 4.30. The Bertz CT molecular complexity index is 557. The second-order valence-corrected chi connectivity index (χ2v) is 4.71. The van der Waals surface area contributed by atoms with Gasteiger partial charge >= 0.3 is 0 Å². The molecule has 3 N–H and O–H groups in total. The summed E-state index contributed by atoms with van der Waals surface area (Å²) in [6.45, 7) is 1.91. The molecule has 18 heavy (non-hydrogen) atoms. The van der Waals surface area contributed by atoms with Crippen LogP contribution in [0.4, 0.5) is 5.82 Å². The molecule has 1 aromatic heterocycles. The van der Waals surface area contributed by atoms with Crippen molar-refractivity contribution in [1.29, 1.82) is 0 Å². The molecular weight excluding hydrogens is 248 g/mol. The van der Waals surface area contributed by atoms with Gasteiger partial charge in [-0.1, -0.05) is 29.8 Å². The molecule has 1 aromatic carbocycles. The molecule has 0 aliphatic carbocycles. The van der Waals surface area contributed by atoms with E-state index < -0.39 is 6.10 Å². The SMILES string of the molecule is Cc1cnc(N)c(C(O)Cc2ccccc2Cl)c1. The fraction of sp³-hybridized carbons (Fsp3) is 0.214. The van der Waals surface area contributed by atoms with E-state index in [1.165, 1.54) is 0 Å². The lowest BCUT2D eigenvalue weighted by atomic mass is 10.0. The third kappa shape index (κ3) is 2.81. The summed E-state index contributed by atoms with van der Waals surface area (Å²) >= 11 is 6.07. The first-order valence-electron chi connectivity index (χ1n) is 5.71. The zero-order valence-corrected chi connectivity index (χ0v) is 10.9. The van der Waals surface area contributed by atoms with Gasteiger partial charge in [0.1, 0.15) is 5.82 Å². The van der Waals surface area contributed by atoms with Crippen molar-refractivity contribution in [1.82, 2.24) is 4.98 Å². The molecule has 0 radical (unpaired) electrons. The number of nitrogens with zero attached hydrogens (tertiary/aromatic N) is 1. The Morgan fingerprint density at radius 1 is 1.39 bits per heavy atom. The van der Waals surface area contributed by atoms with Crippen LogP contribution in [-0.2, 0) is 6.42 Å². The molecule has 1 atom stereocenters. The maximum atomic E-state index is 10.2. The molecule has 94 valence electrons. The molecule has 3 nitrogen and oxygen atoms in total. The number of hydrogen-bond acceptors (Lipinski definition) is 3. The van der Waals surface area contributed by atoms with Crippen LogP contribution in [-0.4, -0.2) is 10.1 Å². The molecule has 0 amide bonds. The highest BCUT2D eigenvalue weighted by Gasteiger charge is 2.14. The minimum absolute atomic E-state index is 0.361. The number of pyridine rings is 1. The normalized spacial score (nSPS) is 12.4. The van der Waals surface area contributed by atoms with Crippen molar-refractivity contribution in [2.45, 2.75) is 19.4 Å². The summed E-state index contributed by atoms with van der Waals surface area (Å²) in [6, 6.07) is 9.31. The number of hydrogen-bond donors (Lipinski definition) is 2. The first kappa shape index (κ1) is 12.9. The van der Waals surface area contributed by atoms with Gasteiger partial charge in [-0.05, 0) is 30.2 Å². The van der Waals surface area contributed by atoms with Crippen LogP contribution in [0.25, 0.3) is 0 Å². The summed E-state index contributed by atoms with van der Waals surface area (Å²) in [5.41, 5.74) is 8.29. The Morgan fingerprint density at radius 3 is 2.83 bits per heavy atom. The smallest absolute Gasteiger partial charge is 0.129 e. The average Bonchev–Trinajstić information content (AvgIpc) is 2.35. The zero-order chi connectivity index (χ0) is 13.1. The first-order valence-corrected chi connectivity index (χ1v) is 6.09. The minimum Gasteiger partial charge on any atom is -0.388 e. The number of aliphatic hydroxyl groups is 1. The van der Waals surface area contributed by atoms with Crippen LogP contribution >= 0.6 is 11.6 Å². The molecule has 4 heteroatoms. The van der Waals surface area contributed by atoms with Gasteiger partial charge in [0.15, 0.2) is 0 Å². The summed E-state index contributed by atoms with van der Waals surface area (Å²) in [7, 11) is 0. The Hall–Kier alpha value is -1.58. The van der Waals surface area contributed by atoms with Crippen LogP contribution in [0.15, 0.2) is 36.5 Å². The minimum atomic E-state index is -0.697. The third-order valence-electron chi connectivity index (χ3n) is 2.82. The molecule has 0 bridgehead atoms. The standard InChI is InChI=1S/C14H15ClN2O/c1-9-6-11(14(16)17-8-9)13(18)7-10-4-2-3-5-12(10)15/h2-6,8,13,18H,7H2,1H3,(H2,16,17). The summed E-state index contributed by atoms with van der Waals surface area (Å²) in [5, 5.41) is 10.9. The lowest BCUT2D eigenvalue weighted by Gasteiger charge is -2.14. The van der Waals surface area contributed by atoms with Gasteiger partial charge in [-0.3, -0.25) is 0 Å². The number of nitrogen functional groups attached to an aromatic ring is 1. The summed E-state index contributed by atoms with van der Waals surface area (Å²) in [5.74, 6) is 0.361. The lowest BCUT2D eigenvalue weighted by molar-refractivity contribution is 0.179. The number of aliphatic hydroxyl groups excluding tert-OH is 1. The molecule has 0 aliphatic heterocycles. The van der Waals surface area contributed by atoms with Crippen molar-refractivity contribution < 1.29 is 5.11 Å². The van der Waals surface area contributed by atoms with E-state index in [4.69, 9.17) is 17.3 Å². The average molecular weight is 263 g/mol. The van der Waals surface area contributed by atoms with Crippen molar-refractivity contribution in [3.05, 3.63) is 58.2 Å². The third-order valence-corrected chi connectivity index (χ3v) is 3.19. The molecular formula is C14H15ClN2O. The Balaban J connectivity index is 2.25. The first-order chi connectivity index (χ1) is 8.58. The molecule has 0 aliphatic rings. The summed E-state index contributed by atoms with van der Waals surface area (Å²) in [6.07, 6.45) is 1.41. The molecule has 0 saturated carbocycles. The van der Waals surface area contributed by atoms with Gasteiger partial charge in [0.2, 0.25) is 0 Å². The monoisotopic (exact) mass is 262 g/mol. The predicted octanol–water partition coefficient (Wildman–Crippen LogP) is 2.90. The number of anilines is 1. The van der Waals surface area contributed by atoms with E-state index in [0.717, 1.165) is 11.1 Å². The van der Waals surface area contributed by atoms with Crippen LogP contribution in [0.1, 0.15) is 22.8 Å². The van der Waals surface area contributed by atoms with E-state index >= 15 is 0 Å². The van der Waals surface area contributed by atoms with Crippen molar-refractivity contribution in [3.63, 3.8) is 0 Å². The van der Waals surface area contributed by atoms with E-state index in [0.29, 0.717) is 22.8 Å². The Kier molecular flexibility index (Phi) is 3.84. The van der Waals surface area contributed by atoms with Gasteiger partial charge in [-0.2, -0.15) is 0 Å². The second kappa shape index (κ2) is 5.38. The van der Waals surface area contributed by atoms with Gasteiger partial charge in [0.25, 0.3) is 0 Å². The molecule has 2 rings (SSSR count). The van der Waals surface area contributed by atoms with E-state index in [2.05, 4.69) is 4.98 Å². The van der Waals surface area contributed by atoms with Crippen LogP contribution in [0.5, 0.6) is 0 Å². The molecule has 2 aromatic rings. The fourth-order valence-corrected chi connectivity index (χ4v) is 2.06. The molecule has 0 fully saturated rings.